The van der Waals surface area contributed by atoms with E-state index in [0.717, 1.165) is 36.4 Å². The fraction of sp³-hybridized carbons (Fsp3) is 0.250. The van der Waals surface area contributed by atoms with Gasteiger partial charge < -0.3 is 0 Å². The van der Waals surface area contributed by atoms with Gasteiger partial charge in [0.15, 0.2) is 0 Å². The summed E-state index contributed by atoms with van der Waals surface area (Å²) in [4.78, 5) is 0. The van der Waals surface area contributed by atoms with Crippen molar-refractivity contribution in [1.82, 2.24) is 0 Å². The number of rotatable bonds is 2. The SMILES string of the molecule is CC1C[P+](c2ccc(C(F)(F)F)cc2)(c2ccc(C(F)(F)F)cc2)c2ccc(C(F)(F)F)cc21. The maximum atomic E-state index is 13.3. The van der Waals surface area contributed by atoms with Gasteiger partial charge in [-0.05, 0) is 66.7 Å². The van der Waals surface area contributed by atoms with E-state index in [2.05, 4.69) is 0 Å². The Morgan fingerprint density at radius 1 is 0.588 bits per heavy atom. The van der Waals surface area contributed by atoms with Crippen molar-refractivity contribution in [2.24, 2.45) is 0 Å². The van der Waals surface area contributed by atoms with Gasteiger partial charge in [-0.25, -0.2) is 0 Å². The molecular weight excluding hydrogens is 490 g/mol. The van der Waals surface area contributed by atoms with E-state index in [1.807, 2.05) is 0 Å². The van der Waals surface area contributed by atoms with E-state index in [0.29, 0.717) is 27.6 Å². The number of halogens is 9. The van der Waals surface area contributed by atoms with Crippen LogP contribution < -0.4 is 15.9 Å². The Bertz CT molecular complexity index is 1130. The predicted octanol–water partition coefficient (Wildman–Crippen LogP) is 7.15. The van der Waals surface area contributed by atoms with Gasteiger partial charge in [-0.15, -0.1) is 0 Å². The Morgan fingerprint density at radius 2 is 0.971 bits per heavy atom. The van der Waals surface area contributed by atoms with Crippen LogP contribution in [0.1, 0.15) is 35.1 Å². The summed E-state index contributed by atoms with van der Waals surface area (Å²) >= 11 is 0. The van der Waals surface area contributed by atoms with E-state index in [1.54, 1.807) is 6.92 Å². The van der Waals surface area contributed by atoms with Gasteiger partial charge in [0.25, 0.3) is 0 Å². The molecule has 4 rings (SSSR count). The van der Waals surface area contributed by atoms with Crippen LogP contribution in [0.4, 0.5) is 39.5 Å². The molecule has 3 aromatic carbocycles. The van der Waals surface area contributed by atoms with E-state index >= 15 is 0 Å². The van der Waals surface area contributed by atoms with E-state index in [1.165, 1.54) is 30.3 Å². The van der Waals surface area contributed by atoms with Gasteiger partial charge in [0, 0.05) is 11.5 Å². The summed E-state index contributed by atoms with van der Waals surface area (Å²) in [6.07, 6.45) is -13.5. The normalized spacial score (nSPS) is 18.1. The molecule has 0 aliphatic carbocycles. The van der Waals surface area contributed by atoms with Gasteiger partial charge in [0.2, 0.25) is 0 Å². The molecule has 1 unspecified atom stereocenters. The van der Waals surface area contributed by atoms with E-state index in [4.69, 9.17) is 0 Å². The fourth-order valence-electron chi connectivity index (χ4n) is 4.53. The molecule has 0 saturated heterocycles. The second-order valence-corrected chi connectivity index (χ2v) is 11.8. The molecule has 0 amide bonds. The first-order valence-electron chi connectivity index (χ1n) is 10.1. The van der Waals surface area contributed by atoms with Crippen molar-refractivity contribution in [2.75, 3.05) is 6.16 Å². The first-order chi connectivity index (χ1) is 15.6. The highest BCUT2D eigenvalue weighted by molar-refractivity contribution is 7.96. The lowest BCUT2D eigenvalue weighted by molar-refractivity contribution is -0.138. The zero-order chi connectivity index (χ0) is 25.1. The molecule has 0 radical (unpaired) electrons. The van der Waals surface area contributed by atoms with Gasteiger partial charge in [0.05, 0.1) is 22.9 Å². The summed E-state index contributed by atoms with van der Waals surface area (Å²) in [6, 6.07) is 12.0. The third kappa shape index (κ3) is 4.19. The maximum absolute atomic E-state index is 13.3. The average Bonchev–Trinajstić information content (AvgIpc) is 3.05. The number of fused-ring (bicyclic) bond motifs is 1. The van der Waals surface area contributed by atoms with Crippen molar-refractivity contribution >= 4 is 23.2 Å². The molecule has 0 fully saturated rings. The summed E-state index contributed by atoms with van der Waals surface area (Å²) in [5.74, 6) is -0.379. The first kappa shape index (κ1) is 24.6. The Hall–Kier alpha value is -2.54. The summed E-state index contributed by atoms with van der Waals surface area (Å²) in [6.45, 7) is 1.72. The highest BCUT2D eigenvalue weighted by Gasteiger charge is 2.54. The molecule has 1 heterocycles. The van der Waals surface area contributed by atoms with Crippen LogP contribution in [0.3, 0.4) is 0 Å². The van der Waals surface area contributed by atoms with Gasteiger partial charge in [-0.1, -0.05) is 6.92 Å². The monoisotopic (exact) mass is 507 g/mol. The Morgan fingerprint density at radius 3 is 1.35 bits per heavy atom. The second kappa shape index (κ2) is 8.01. The molecule has 1 atom stereocenters. The molecule has 0 N–H and O–H groups in total. The van der Waals surface area contributed by atoms with Crippen molar-refractivity contribution < 1.29 is 39.5 Å². The summed E-state index contributed by atoms with van der Waals surface area (Å²) in [5, 5.41) is 1.46. The van der Waals surface area contributed by atoms with Crippen LogP contribution in [-0.2, 0) is 18.5 Å². The second-order valence-electron chi connectivity index (χ2n) is 8.25. The van der Waals surface area contributed by atoms with Crippen molar-refractivity contribution in [3.8, 4) is 0 Å². The molecule has 0 bridgehead atoms. The minimum Gasteiger partial charge on any atom is -0.166 e. The number of benzene rings is 3. The lowest BCUT2D eigenvalue weighted by Gasteiger charge is -2.24. The van der Waals surface area contributed by atoms with Crippen LogP contribution in [0, 0.1) is 0 Å². The zero-order valence-corrected chi connectivity index (χ0v) is 18.4. The van der Waals surface area contributed by atoms with Crippen molar-refractivity contribution in [1.29, 1.82) is 0 Å². The minimum atomic E-state index is -4.58. The predicted molar refractivity (Wildman–Crippen MR) is 113 cm³/mol. The average molecular weight is 507 g/mol. The van der Waals surface area contributed by atoms with Crippen molar-refractivity contribution in [3.05, 3.63) is 89.0 Å². The Labute approximate surface area is 189 Å². The number of hydrogen-bond donors (Lipinski definition) is 0. The maximum Gasteiger partial charge on any atom is 0.416 e. The highest BCUT2D eigenvalue weighted by atomic mass is 31.2. The van der Waals surface area contributed by atoms with Crippen molar-refractivity contribution in [2.45, 2.75) is 31.4 Å². The molecule has 1 aliphatic rings. The molecule has 34 heavy (non-hydrogen) atoms. The molecule has 0 spiro atoms. The summed E-state index contributed by atoms with van der Waals surface area (Å²) in [5.41, 5.74) is -2.22. The number of alkyl halides is 9. The zero-order valence-electron chi connectivity index (χ0n) is 17.5. The molecule has 10 heteroatoms. The standard InChI is InChI=1S/C24H17F9P/c1-14-13-34(18-7-2-15(3-8-18)22(25,26)27,19-9-4-16(5-10-19)23(28,29)30)21-11-6-17(12-20(14)21)24(31,32)33/h2-12,14H,13H2,1H3/q+1. The molecule has 0 aromatic heterocycles. The van der Waals surface area contributed by atoms with E-state index in [-0.39, 0.29) is 5.92 Å². The Kier molecular flexibility index (Phi) is 5.79. The molecule has 1 aliphatic heterocycles. The van der Waals surface area contributed by atoms with Crippen LogP contribution >= 0.6 is 7.26 Å². The van der Waals surface area contributed by atoms with Crippen LogP contribution in [0.2, 0.25) is 0 Å². The lowest BCUT2D eigenvalue weighted by Crippen LogP contribution is -2.31. The first-order valence-corrected chi connectivity index (χ1v) is 12.1. The Balaban J connectivity index is 1.95. The van der Waals surface area contributed by atoms with Gasteiger partial charge in [0.1, 0.15) is 23.2 Å². The molecule has 3 aromatic rings. The summed E-state index contributed by atoms with van der Waals surface area (Å²) < 4.78 is 119. The molecule has 0 nitrogen and oxygen atoms in total. The quantitative estimate of drug-likeness (QED) is 0.255. The topological polar surface area (TPSA) is 0 Å². The molecular formula is C24H17F9P+. The van der Waals surface area contributed by atoms with E-state index in [9.17, 15) is 39.5 Å². The molecule has 180 valence electrons. The van der Waals surface area contributed by atoms with Gasteiger partial charge >= 0.3 is 18.5 Å². The molecule has 0 saturated carbocycles. The van der Waals surface area contributed by atoms with E-state index < -0.39 is 42.5 Å². The largest absolute Gasteiger partial charge is 0.416 e. The van der Waals surface area contributed by atoms with Crippen molar-refractivity contribution in [3.63, 3.8) is 0 Å². The highest BCUT2D eigenvalue weighted by Crippen LogP contribution is 2.63. The van der Waals surface area contributed by atoms with Crippen LogP contribution in [0.15, 0.2) is 66.7 Å². The smallest absolute Gasteiger partial charge is 0.166 e. The third-order valence-corrected chi connectivity index (χ3v) is 10.8. The van der Waals surface area contributed by atoms with Crippen LogP contribution in [0.25, 0.3) is 0 Å². The van der Waals surface area contributed by atoms with Gasteiger partial charge in [-0.3, -0.25) is 0 Å². The summed E-state index contributed by atoms with van der Waals surface area (Å²) in [7, 11) is -2.82. The van der Waals surface area contributed by atoms with Crippen LogP contribution in [-0.4, -0.2) is 6.16 Å². The van der Waals surface area contributed by atoms with Crippen LogP contribution in [0.5, 0.6) is 0 Å². The van der Waals surface area contributed by atoms with Gasteiger partial charge in [-0.2, -0.15) is 39.5 Å². The lowest BCUT2D eigenvalue weighted by atomic mass is 10.0. The number of hydrogen-bond acceptors (Lipinski definition) is 0. The minimum absolute atomic E-state index is 0.292. The fourth-order valence-corrected chi connectivity index (χ4v) is 9.39. The third-order valence-electron chi connectivity index (χ3n) is 6.12.